The number of nitrogens with one attached hydrogen (secondary N) is 2. The molecule has 0 saturated heterocycles. The molecule has 0 atom stereocenters. The van der Waals surface area contributed by atoms with E-state index in [4.69, 9.17) is 5.41 Å². The maximum atomic E-state index is 7.71. The van der Waals surface area contributed by atoms with E-state index in [1.54, 1.807) is 0 Å². The smallest absolute Gasteiger partial charge is 0.0463 e. The summed E-state index contributed by atoms with van der Waals surface area (Å²) >= 11 is 0. The molecule has 1 aliphatic carbocycles. The highest BCUT2D eigenvalue weighted by Crippen LogP contribution is 2.32. The van der Waals surface area contributed by atoms with Crippen LogP contribution in [-0.2, 0) is 0 Å². The standard InChI is InChI=1S/C12H16N2/c1-8-6-7-14-12-10(8)4-3-5-11(12)9(2)13/h5,13-14H,1,3-4,6-7H2,2H3. The zero-order valence-corrected chi connectivity index (χ0v) is 8.61. The van der Waals surface area contributed by atoms with Crippen molar-refractivity contribution < 1.29 is 0 Å². The predicted octanol–water partition coefficient (Wildman–Crippen LogP) is 2.55. The van der Waals surface area contributed by atoms with Gasteiger partial charge in [-0.1, -0.05) is 12.7 Å². The first-order chi connectivity index (χ1) is 6.70. The van der Waals surface area contributed by atoms with Crippen LogP contribution >= 0.6 is 0 Å². The Kier molecular flexibility index (Phi) is 2.28. The van der Waals surface area contributed by atoms with Gasteiger partial charge in [-0.05, 0) is 37.3 Å². The first-order valence-corrected chi connectivity index (χ1v) is 5.11. The maximum Gasteiger partial charge on any atom is 0.0463 e. The summed E-state index contributed by atoms with van der Waals surface area (Å²) in [5.74, 6) is 0. The molecule has 0 amide bonds. The number of allylic oxidation sites excluding steroid dienone is 3. The SMILES string of the molecule is C=C1CCNC2=C1CCC=C2C(C)=N. The second-order valence-electron chi connectivity index (χ2n) is 3.92. The average molecular weight is 188 g/mol. The molecule has 0 saturated carbocycles. The molecule has 74 valence electrons. The van der Waals surface area contributed by atoms with Crippen molar-refractivity contribution >= 4 is 5.71 Å². The van der Waals surface area contributed by atoms with Crippen molar-refractivity contribution in [3.8, 4) is 0 Å². The fourth-order valence-electron chi connectivity index (χ4n) is 2.14. The lowest BCUT2D eigenvalue weighted by Gasteiger charge is -2.28. The Labute approximate surface area is 84.9 Å². The van der Waals surface area contributed by atoms with E-state index in [-0.39, 0.29) is 0 Å². The van der Waals surface area contributed by atoms with Gasteiger partial charge in [-0.3, -0.25) is 0 Å². The molecular formula is C12H16N2. The summed E-state index contributed by atoms with van der Waals surface area (Å²) in [6, 6.07) is 0. The molecule has 2 heteroatoms. The molecule has 0 radical (unpaired) electrons. The first-order valence-electron chi connectivity index (χ1n) is 5.11. The minimum Gasteiger partial charge on any atom is -0.384 e. The number of rotatable bonds is 1. The topological polar surface area (TPSA) is 35.9 Å². The highest BCUT2D eigenvalue weighted by atomic mass is 14.9. The van der Waals surface area contributed by atoms with E-state index in [9.17, 15) is 0 Å². The Morgan fingerprint density at radius 1 is 1.50 bits per heavy atom. The Hall–Kier alpha value is -1.31. The van der Waals surface area contributed by atoms with Gasteiger partial charge < -0.3 is 10.7 Å². The van der Waals surface area contributed by atoms with Gasteiger partial charge in [0.1, 0.15) is 0 Å². The van der Waals surface area contributed by atoms with Crippen LogP contribution in [0.3, 0.4) is 0 Å². The van der Waals surface area contributed by atoms with E-state index in [1.807, 2.05) is 6.92 Å². The second-order valence-corrected chi connectivity index (χ2v) is 3.92. The van der Waals surface area contributed by atoms with Gasteiger partial charge in [-0.15, -0.1) is 0 Å². The van der Waals surface area contributed by atoms with Gasteiger partial charge in [-0.2, -0.15) is 0 Å². The molecule has 2 aliphatic rings. The zero-order valence-electron chi connectivity index (χ0n) is 8.61. The molecule has 0 fully saturated rings. The lowest BCUT2D eigenvalue weighted by atomic mass is 9.86. The Morgan fingerprint density at radius 3 is 3.00 bits per heavy atom. The third-order valence-corrected chi connectivity index (χ3v) is 2.87. The van der Waals surface area contributed by atoms with Crippen LogP contribution in [0.25, 0.3) is 0 Å². The van der Waals surface area contributed by atoms with Crippen molar-refractivity contribution in [2.24, 2.45) is 0 Å². The Balaban J connectivity index is 2.43. The molecule has 2 rings (SSSR count). The lowest BCUT2D eigenvalue weighted by molar-refractivity contribution is 0.719. The molecule has 0 aromatic heterocycles. The van der Waals surface area contributed by atoms with Crippen molar-refractivity contribution in [1.82, 2.24) is 5.32 Å². The van der Waals surface area contributed by atoms with Crippen LogP contribution in [0.4, 0.5) is 0 Å². The molecule has 1 heterocycles. The van der Waals surface area contributed by atoms with Crippen molar-refractivity contribution in [2.45, 2.75) is 26.2 Å². The van der Waals surface area contributed by atoms with Crippen LogP contribution in [0.1, 0.15) is 26.2 Å². The number of hydrogen-bond acceptors (Lipinski definition) is 2. The quantitative estimate of drug-likeness (QED) is 0.609. The maximum absolute atomic E-state index is 7.71. The molecule has 14 heavy (non-hydrogen) atoms. The normalized spacial score (nSPS) is 21.2. The van der Waals surface area contributed by atoms with Gasteiger partial charge in [0.2, 0.25) is 0 Å². The Bertz CT molecular complexity index is 359. The summed E-state index contributed by atoms with van der Waals surface area (Å²) in [5, 5.41) is 11.1. The molecular weight excluding hydrogens is 172 g/mol. The fraction of sp³-hybridized carbons (Fsp3) is 0.417. The van der Waals surface area contributed by atoms with Gasteiger partial charge in [0.15, 0.2) is 0 Å². The van der Waals surface area contributed by atoms with Crippen LogP contribution < -0.4 is 5.32 Å². The van der Waals surface area contributed by atoms with E-state index in [1.165, 1.54) is 16.8 Å². The Morgan fingerprint density at radius 2 is 2.29 bits per heavy atom. The van der Waals surface area contributed by atoms with Crippen LogP contribution in [0.5, 0.6) is 0 Å². The molecule has 0 aromatic rings. The zero-order chi connectivity index (χ0) is 10.1. The average Bonchev–Trinajstić information content (AvgIpc) is 2.17. The molecule has 2 N–H and O–H groups in total. The summed E-state index contributed by atoms with van der Waals surface area (Å²) in [6.07, 6.45) is 5.33. The minimum atomic E-state index is 0.652. The van der Waals surface area contributed by atoms with E-state index in [0.29, 0.717) is 5.71 Å². The minimum absolute atomic E-state index is 0.652. The number of hydrogen-bond donors (Lipinski definition) is 2. The van der Waals surface area contributed by atoms with Gasteiger partial charge in [0, 0.05) is 23.5 Å². The van der Waals surface area contributed by atoms with Gasteiger partial charge in [-0.25, -0.2) is 0 Å². The third kappa shape index (κ3) is 1.41. The second kappa shape index (κ2) is 3.45. The van der Waals surface area contributed by atoms with Crippen LogP contribution in [0.2, 0.25) is 0 Å². The summed E-state index contributed by atoms with van der Waals surface area (Å²) in [7, 11) is 0. The first kappa shape index (κ1) is 9.25. The van der Waals surface area contributed by atoms with E-state index < -0.39 is 0 Å². The van der Waals surface area contributed by atoms with Crippen LogP contribution in [0.15, 0.2) is 35.1 Å². The molecule has 0 unspecified atom stereocenters. The van der Waals surface area contributed by atoms with E-state index in [0.717, 1.165) is 31.4 Å². The van der Waals surface area contributed by atoms with Crippen molar-refractivity contribution in [2.75, 3.05) is 6.54 Å². The van der Waals surface area contributed by atoms with Gasteiger partial charge >= 0.3 is 0 Å². The van der Waals surface area contributed by atoms with Gasteiger partial charge in [0.05, 0.1) is 0 Å². The van der Waals surface area contributed by atoms with Crippen molar-refractivity contribution in [3.63, 3.8) is 0 Å². The largest absolute Gasteiger partial charge is 0.384 e. The highest BCUT2D eigenvalue weighted by molar-refractivity contribution is 6.00. The molecule has 1 aliphatic heterocycles. The van der Waals surface area contributed by atoms with Gasteiger partial charge in [0.25, 0.3) is 0 Å². The van der Waals surface area contributed by atoms with Crippen LogP contribution in [-0.4, -0.2) is 12.3 Å². The van der Waals surface area contributed by atoms with Crippen LogP contribution in [0, 0.1) is 5.41 Å². The molecule has 0 aromatic carbocycles. The highest BCUT2D eigenvalue weighted by Gasteiger charge is 2.21. The molecule has 0 bridgehead atoms. The molecule has 0 spiro atoms. The summed E-state index contributed by atoms with van der Waals surface area (Å²) in [4.78, 5) is 0. The fourth-order valence-corrected chi connectivity index (χ4v) is 2.14. The monoisotopic (exact) mass is 188 g/mol. The third-order valence-electron chi connectivity index (χ3n) is 2.87. The van der Waals surface area contributed by atoms with Crippen molar-refractivity contribution in [3.05, 3.63) is 35.1 Å². The summed E-state index contributed by atoms with van der Waals surface area (Å²) in [6.45, 7) is 6.91. The lowest BCUT2D eigenvalue weighted by Crippen LogP contribution is -2.27. The summed E-state index contributed by atoms with van der Waals surface area (Å²) < 4.78 is 0. The van der Waals surface area contributed by atoms with Crippen molar-refractivity contribution in [1.29, 1.82) is 5.41 Å². The summed E-state index contributed by atoms with van der Waals surface area (Å²) in [5.41, 5.74) is 5.50. The van der Waals surface area contributed by atoms with E-state index in [2.05, 4.69) is 18.0 Å². The predicted molar refractivity (Wildman–Crippen MR) is 59.5 cm³/mol. The molecule has 2 nitrogen and oxygen atoms in total. The van der Waals surface area contributed by atoms with E-state index >= 15 is 0 Å².